The first-order valence-corrected chi connectivity index (χ1v) is 11.0. The molecule has 158 valence electrons. The van der Waals surface area contributed by atoms with Crippen LogP contribution in [-0.4, -0.2) is 51.8 Å². The maximum atomic E-state index is 13.0. The Kier molecular flexibility index (Phi) is 6.53. The number of fused-ring (bicyclic) bond motifs is 1. The van der Waals surface area contributed by atoms with E-state index in [9.17, 15) is 19.2 Å². The predicted molar refractivity (Wildman–Crippen MR) is 115 cm³/mol. The highest BCUT2D eigenvalue weighted by molar-refractivity contribution is 8.25. The molecule has 8 nitrogen and oxygen atoms in total. The van der Waals surface area contributed by atoms with Crippen molar-refractivity contribution < 1.29 is 28.7 Å². The van der Waals surface area contributed by atoms with Crippen LogP contribution in [0.3, 0.4) is 0 Å². The molecule has 1 saturated heterocycles. The van der Waals surface area contributed by atoms with Crippen LogP contribution >= 0.6 is 35.7 Å². The molecule has 30 heavy (non-hydrogen) atoms. The first-order chi connectivity index (χ1) is 14.2. The molecule has 0 N–H and O–H groups in total. The Morgan fingerprint density at radius 3 is 1.63 bits per heavy atom. The van der Waals surface area contributed by atoms with Crippen molar-refractivity contribution in [2.24, 2.45) is 0 Å². The van der Waals surface area contributed by atoms with Crippen LogP contribution in [0.1, 0.15) is 27.7 Å². The molecular formula is C19H18N2O6S3. The number of nitrogens with zero attached hydrogens (tertiary/aromatic N) is 2. The Labute approximate surface area is 186 Å². The summed E-state index contributed by atoms with van der Waals surface area (Å²) in [6.45, 7) is 6.72. The molecule has 2 aliphatic rings. The van der Waals surface area contributed by atoms with Crippen molar-refractivity contribution in [1.82, 2.24) is 9.80 Å². The summed E-state index contributed by atoms with van der Waals surface area (Å²) < 4.78 is 10.9. The van der Waals surface area contributed by atoms with Gasteiger partial charge in [0.05, 0.1) is 14.0 Å². The molecule has 0 radical (unpaired) electrons. The predicted octanol–water partition coefficient (Wildman–Crippen LogP) is 2.94. The average Bonchev–Trinajstić information content (AvgIpc) is 3.09. The standard InChI is InChI=1S/C19H18N2O6S3/c1-5-20-16(24)13(17(25)21(6-2)19(20)28)18-29-14-11(26-9(3)22)7-8-12(15(14)30-18)27-10(4)23/h7-8H,5-6H2,1-4H3. The van der Waals surface area contributed by atoms with Crippen molar-refractivity contribution in [2.45, 2.75) is 37.5 Å². The van der Waals surface area contributed by atoms with E-state index in [1.165, 1.54) is 35.8 Å². The van der Waals surface area contributed by atoms with E-state index >= 15 is 0 Å². The number of carbonyl (C=O) groups excluding carboxylic acids is 4. The first kappa shape index (κ1) is 22.3. The summed E-state index contributed by atoms with van der Waals surface area (Å²) in [5, 5.41) is 0.172. The molecule has 1 aromatic rings. The topological polar surface area (TPSA) is 93.2 Å². The molecule has 3 rings (SSSR count). The van der Waals surface area contributed by atoms with Gasteiger partial charge in [-0.2, -0.15) is 0 Å². The van der Waals surface area contributed by atoms with Crippen LogP contribution in [0.4, 0.5) is 0 Å². The molecule has 0 unspecified atom stereocenters. The third-order valence-electron chi connectivity index (χ3n) is 4.15. The summed E-state index contributed by atoms with van der Waals surface area (Å²) in [4.78, 5) is 52.8. The smallest absolute Gasteiger partial charge is 0.308 e. The molecule has 2 amide bonds. The zero-order valence-electron chi connectivity index (χ0n) is 16.6. The number of thiocarbonyl (C=S) groups is 1. The van der Waals surface area contributed by atoms with Gasteiger partial charge in [0.25, 0.3) is 11.8 Å². The molecule has 2 aliphatic heterocycles. The van der Waals surface area contributed by atoms with Crippen molar-refractivity contribution in [3.8, 4) is 11.5 Å². The van der Waals surface area contributed by atoms with Gasteiger partial charge >= 0.3 is 11.9 Å². The van der Waals surface area contributed by atoms with Crippen LogP contribution in [0.5, 0.6) is 11.5 Å². The minimum atomic E-state index is -0.520. The number of thioether (sulfide) groups is 2. The van der Waals surface area contributed by atoms with Crippen LogP contribution in [0, 0.1) is 0 Å². The molecule has 0 aliphatic carbocycles. The molecular weight excluding hydrogens is 448 g/mol. The minimum Gasteiger partial charge on any atom is -0.425 e. The molecule has 0 saturated carbocycles. The summed E-state index contributed by atoms with van der Waals surface area (Å²) in [7, 11) is 0. The Balaban J connectivity index is 2.13. The number of esters is 2. The normalized spacial score (nSPS) is 16.2. The maximum absolute atomic E-state index is 13.0. The van der Waals surface area contributed by atoms with Gasteiger partial charge in [-0.25, -0.2) is 0 Å². The fourth-order valence-electron chi connectivity index (χ4n) is 2.91. The second-order valence-electron chi connectivity index (χ2n) is 6.16. The monoisotopic (exact) mass is 466 g/mol. The zero-order chi connectivity index (χ0) is 22.2. The fraction of sp³-hybridized carbons (Fsp3) is 0.316. The number of hydrogen-bond donors (Lipinski definition) is 0. The summed E-state index contributed by atoms with van der Waals surface area (Å²) in [6.07, 6.45) is 0. The van der Waals surface area contributed by atoms with Crippen molar-refractivity contribution in [1.29, 1.82) is 0 Å². The number of benzene rings is 1. The third-order valence-corrected chi connectivity index (χ3v) is 7.22. The van der Waals surface area contributed by atoms with E-state index in [0.29, 0.717) is 27.1 Å². The summed E-state index contributed by atoms with van der Waals surface area (Å²) >= 11 is 7.54. The lowest BCUT2D eigenvalue weighted by Gasteiger charge is -2.35. The quantitative estimate of drug-likeness (QED) is 0.218. The van der Waals surface area contributed by atoms with Gasteiger partial charge in [-0.1, -0.05) is 23.5 Å². The van der Waals surface area contributed by atoms with E-state index in [-0.39, 0.29) is 22.2 Å². The number of likely N-dealkylation sites (N-methyl/N-ethyl adjacent to an activating group) is 2. The zero-order valence-corrected chi connectivity index (χ0v) is 19.1. The largest absolute Gasteiger partial charge is 0.425 e. The fourth-order valence-corrected chi connectivity index (χ4v) is 5.98. The Bertz CT molecular complexity index is 945. The van der Waals surface area contributed by atoms with Crippen LogP contribution in [0.15, 0.2) is 31.7 Å². The lowest BCUT2D eigenvalue weighted by Crippen LogP contribution is -2.56. The van der Waals surface area contributed by atoms with Crippen molar-refractivity contribution >= 4 is 64.6 Å². The molecule has 0 aromatic heterocycles. The lowest BCUT2D eigenvalue weighted by molar-refractivity contribution is -0.134. The second kappa shape index (κ2) is 8.78. The van der Waals surface area contributed by atoms with Crippen molar-refractivity contribution in [3.05, 3.63) is 21.9 Å². The maximum Gasteiger partial charge on any atom is 0.308 e. The Hall–Kier alpha value is -2.37. The van der Waals surface area contributed by atoms with Gasteiger partial charge in [-0.15, -0.1) is 0 Å². The molecule has 2 heterocycles. The molecule has 1 fully saturated rings. The highest BCUT2D eigenvalue weighted by Crippen LogP contribution is 2.59. The van der Waals surface area contributed by atoms with Gasteiger partial charge in [0.15, 0.2) is 5.11 Å². The minimum absolute atomic E-state index is 0.0129. The lowest BCUT2D eigenvalue weighted by atomic mass is 10.2. The molecule has 11 heteroatoms. The SMILES string of the molecule is CCN1C(=O)C(=C2Sc3c(OC(C)=O)ccc(OC(C)=O)c3S2)C(=O)N(CC)C1=S. The highest BCUT2D eigenvalue weighted by Gasteiger charge is 2.42. The number of amides is 2. The summed E-state index contributed by atoms with van der Waals surface area (Å²) in [5.41, 5.74) is -0.0129. The van der Waals surface area contributed by atoms with E-state index < -0.39 is 23.8 Å². The molecule has 0 bridgehead atoms. The number of hydrogen-bond acceptors (Lipinski definition) is 9. The van der Waals surface area contributed by atoms with Crippen LogP contribution in [0.2, 0.25) is 0 Å². The number of carbonyl (C=O) groups is 4. The van der Waals surface area contributed by atoms with Gasteiger partial charge in [-0.3, -0.25) is 29.0 Å². The van der Waals surface area contributed by atoms with Crippen LogP contribution in [-0.2, 0) is 19.2 Å². The Morgan fingerprint density at radius 2 is 1.30 bits per heavy atom. The Morgan fingerprint density at radius 1 is 0.900 bits per heavy atom. The molecule has 1 aromatic carbocycles. The molecule has 0 atom stereocenters. The van der Waals surface area contributed by atoms with Gasteiger partial charge in [0.1, 0.15) is 17.1 Å². The van der Waals surface area contributed by atoms with Gasteiger partial charge in [0, 0.05) is 26.9 Å². The van der Waals surface area contributed by atoms with Gasteiger partial charge in [-0.05, 0) is 38.2 Å². The highest BCUT2D eigenvalue weighted by atomic mass is 32.2. The summed E-state index contributed by atoms with van der Waals surface area (Å²) in [6, 6.07) is 3.02. The van der Waals surface area contributed by atoms with E-state index in [2.05, 4.69) is 0 Å². The van der Waals surface area contributed by atoms with Gasteiger partial charge in [0.2, 0.25) is 0 Å². The van der Waals surface area contributed by atoms with E-state index in [4.69, 9.17) is 21.7 Å². The average molecular weight is 467 g/mol. The number of rotatable bonds is 4. The van der Waals surface area contributed by atoms with E-state index in [1.54, 1.807) is 13.8 Å². The van der Waals surface area contributed by atoms with Crippen molar-refractivity contribution in [2.75, 3.05) is 13.1 Å². The summed E-state index contributed by atoms with van der Waals surface area (Å²) in [5.74, 6) is -1.49. The second-order valence-corrected chi connectivity index (χ2v) is 8.82. The van der Waals surface area contributed by atoms with E-state index in [0.717, 1.165) is 23.5 Å². The molecule has 0 spiro atoms. The van der Waals surface area contributed by atoms with Crippen LogP contribution < -0.4 is 9.47 Å². The van der Waals surface area contributed by atoms with Crippen molar-refractivity contribution in [3.63, 3.8) is 0 Å². The number of ether oxygens (including phenoxy) is 2. The van der Waals surface area contributed by atoms with E-state index in [1.807, 2.05) is 0 Å². The van der Waals surface area contributed by atoms with Gasteiger partial charge < -0.3 is 9.47 Å². The van der Waals surface area contributed by atoms with Crippen LogP contribution in [0.25, 0.3) is 0 Å². The third kappa shape index (κ3) is 3.96. The first-order valence-electron chi connectivity index (χ1n) is 9.01.